The molecule has 0 unspecified atom stereocenters. The van der Waals surface area contributed by atoms with Gasteiger partial charge in [-0.15, -0.1) is 11.3 Å². The molecule has 0 atom stereocenters. The number of thiazole rings is 1. The van der Waals surface area contributed by atoms with Crippen molar-refractivity contribution in [2.75, 3.05) is 0 Å². The largest absolute Gasteiger partial charge is 0.481 e. The van der Waals surface area contributed by atoms with Crippen LogP contribution in [-0.4, -0.2) is 21.0 Å². The summed E-state index contributed by atoms with van der Waals surface area (Å²) in [6.45, 7) is 2.01. The number of carbonyl (C=O) groups is 1. The van der Waals surface area contributed by atoms with Gasteiger partial charge in [-0.2, -0.15) is 0 Å². The highest BCUT2D eigenvalue weighted by Crippen LogP contribution is 2.28. The third-order valence-corrected chi connectivity index (χ3v) is 3.51. The molecule has 0 aliphatic rings. The molecule has 0 aromatic carbocycles. The van der Waals surface area contributed by atoms with Crippen molar-refractivity contribution in [2.24, 2.45) is 0 Å². The van der Waals surface area contributed by atoms with Gasteiger partial charge in [-0.25, -0.2) is 4.98 Å². The Morgan fingerprint density at radius 3 is 2.71 bits per heavy atom. The van der Waals surface area contributed by atoms with Gasteiger partial charge in [0, 0.05) is 22.8 Å². The lowest BCUT2D eigenvalue weighted by atomic mass is 10.1. The van der Waals surface area contributed by atoms with Crippen LogP contribution in [-0.2, 0) is 17.6 Å². The summed E-state index contributed by atoms with van der Waals surface area (Å²) in [4.78, 5) is 20.0. The lowest BCUT2D eigenvalue weighted by Crippen LogP contribution is -1.99. The second kappa shape index (κ2) is 5.05. The molecule has 0 aliphatic heterocycles. The van der Waals surface area contributed by atoms with Crippen molar-refractivity contribution in [1.82, 2.24) is 9.97 Å². The Labute approximate surface area is 103 Å². The maximum Gasteiger partial charge on any atom is 0.308 e. The molecular formula is C12H12N2O2S. The van der Waals surface area contributed by atoms with Crippen LogP contribution in [0.15, 0.2) is 24.5 Å². The predicted molar refractivity (Wildman–Crippen MR) is 66.1 cm³/mol. The van der Waals surface area contributed by atoms with E-state index < -0.39 is 5.97 Å². The van der Waals surface area contributed by atoms with Gasteiger partial charge in [0.25, 0.3) is 0 Å². The van der Waals surface area contributed by atoms with Crippen LogP contribution in [0.4, 0.5) is 0 Å². The minimum absolute atomic E-state index is 0.0231. The molecule has 1 N–H and O–H groups in total. The van der Waals surface area contributed by atoms with Crippen molar-refractivity contribution in [3.8, 4) is 11.3 Å². The van der Waals surface area contributed by atoms with Gasteiger partial charge in [0.1, 0.15) is 0 Å². The number of hydrogen-bond acceptors (Lipinski definition) is 4. The van der Waals surface area contributed by atoms with E-state index in [2.05, 4.69) is 9.97 Å². The van der Waals surface area contributed by atoms with E-state index in [4.69, 9.17) is 5.11 Å². The minimum atomic E-state index is -0.827. The normalized spacial score (nSPS) is 10.4. The quantitative estimate of drug-likeness (QED) is 0.902. The van der Waals surface area contributed by atoms with Crippen molar-refractivity contribution in [1.29, 1.82) is 0 Å². The molecule has 0 saturated heterocycles. The number of carboxylic acids is 1. The highest BCUT2D eigenvalue weighted by molar-refractivity contribution is 7.12. The lowest BCUT2D eigenvalue weighted by Gasteiger charge is -1.98. The zero-order chi connectivity index (χ0) is 12.3. The zero-order valence-corrected chi connectivity index (χ0v) is 10.2. The first-order valence-corrected chi connectivity index (χ1v) is 6.13. The molecule has 0 bridgehead atoms. The third-order valence-electron chi connectivity index (χ3n) is 2.31. The molecule has 0 amide bonds. The minimum Gasteiger partial charge on any atom is -0.481 e. The Morgan fingerprint density at radius 2 is 2.12 bits per heavy atom. The van der Waals surface area contributed by atoms with E-state index in [1.54, 1.807) is 12.4 Å². The molecule has 0 saturated carbocycles. The fraction of sp³-hybridized carbons (Fsp3) is 0.250. The van der Waals surface area contributed by atoms with Crippen LogP contribution in [0.3, 0.4) is 0 Å². The van der Waals surface area contributed by atoms with Gasteiger partial charge in [-0.1, -0.05) is 6.92 Å². The number of hydrogen-bond donors (Lipinski definition) is 1. The first-order valence-electron chi connectivity index (χ1n) is 5.31. The molecule has 88 valence electrons. The van der Waals surface area contributed by atoms with Crippen molar-refractivity contribution in [2.45, 2.75) is 19.8 Å². The van der Waals surface area contributed by atoms with Gasteiger partial charge in [0.2, 0.25) is 0 Å². The topological polar surface area (TPSA) is 63.1 Å². The average Bonchev–Trinajstić information content (AvgIpc) is 2.72. The Bertz CT molecular complexity index is 523. The van der Waals surface area contributed by atoms with Crippen LogP contribution >= 0.6 is 11.3 Å². The van der Waals surface area contributed by atoms with Crippen LogP contribution in [0.2, 0.25) is 0 Å². The molecule has 2 rings (SSSR count). The highest BCUT2D eigenvalue weighted by Gasteiger charge is 2.14. The Morgan fingerprint density at radius 1 is 1.41 bits per heavy atom. The fourth-order valence-corrected chi connectivity index (χ4v) is 2.57. The van der Waals surface area contributed by atoms with E-state index in [0.717, 1.165) is 27.6 Å². The highest BCUT2D eigenvalue weighted by atomic mass is 32.1. The molecule has 2 aromatic heterocycles. The number of aliphatic carboxylic acids is 1. The van der Waals surface area contributed by atoms with Gasteiger partial charge < -0.3 is 5.11 Å². The van der Waals surface area contributed by atoms with Gasteiger partial charge in [-0.05, 0) is 18.6 Å². The summed E-state index contributed by atoms with van der Waals surface area (Å²) in [6, 6.07) is 3.69. The average molecular weight is 248 g/mol. The summed E-state index contributed by atoms with van der Waals surface area (Å²) in [6.07, 6.45) is 4.22. The van der Waals surface area contributed by atoms with Gasteiger partial charge in [0.05, 0.1) is 17.1 Å². The van der Waals surface area contributed by atoms with Crippen LogP contribution in [0.25, 0.3) is 11.3 Å². The van der Waals surface area contributed by atoms with Crippen LogP contribution < -0.4 is 0 Å². The molecule has 17 heavy (non-hydrogen) atoms. The first-order chi connectivity index (χ1) is 8.20. The summed E-state index contributed by atoms with van der Waals surface area (Å²) < 4.78 is 0. The Balaban J connectivity index is 2.44. The van der Waals surface area contributed by atoms with Crippen LogP contribution in [0.1, 0.15) is 16.8 Å². The van der Waals surface area contributed by atoms with E-state index in [1.165, 1.54) is 11.3 Å². The SMILES string of the molecule is CCc1nc(-c2ccncc2)c(CC(=O)O)s1. The lowest BCUT2D eigenvalue weighted by molar-refractivity contribution is -0.136. The van der Waals surface area contributed by atoms with Gasteiger partial charge >= 0.3 is 5.97 Å². The van der Waals surface area contributed by atoms with Gasteiger partial charge in [-0.3, -0.25) is 9.78 Å². The number of aromatic nitrogens is 2. The number of rotatable bonds is 4. The molecule has 2 aromatic rings. The maximum absolute atomic E-state index is 10.8. The maximum atomic E-state index is 10.8. The molecule has 2 heterocycles. The molecule has 0 radical (unpaired) electrons. The van der Waals surface area contributed by atoms with Crippen molar-refractivity contribution in [3.05, 3.63) is 34.4 Å². The molecule has 5 heteroatoms. The monoisotopic (exact) mass is 248 g/mol. The number of carboxylic acid groups (broad SMARTS) is 1. The van der Waals surface area contributed by atoms with E-state index >= 15 is 0 Å². The van der Waals surface area contributed by atoms with Crippen LogP contribution in [0, 0.1) is 0 Å². The van der Waals surface area contributed by atoms with E-state index in [9.17, 15) is 4.79 Å². The van der Waals surface area contributed by atoms with Gasteiger partial charge in [0.15, 0.2) is 0 Å². The van der Waals surface area contributed by atoms with E-state index in [0.29, 0.717) is 0 Å². The third kappa shape index (κ3) is 2.68. The number of aryl methyl sites for hydroxylation is 1. The molecule has 0 fully saturated rings. The van der Waals surface area contributed by atoms with Crippen LogP contribution in [0.5, 0.6) is 0 Å². The molecule has 4 nitrogen and oxygen atoms in total. The summed E-state index contributed by atoms with van der Waals surface area (Å²) in [5, 5.41) is 9.85. The van der Waals surface area contributed by atoms with Crippen molar-refractivity contribution < 1.29 is 9.90 Å². The van der Waals surface area contributed by atoms with E-state index in [-0.39, 0.29) is 6.42 Å². The summed E-state index contributed by atoms with van der Waals surface area (Å²) in [7, 11) is 0. The molecule has 0 spiro atoms. The summed E-state index contributed by atoms with van der Waals surface area (Å²) >= 11 is 1.47. The number of pyridine rings is 1. The smallest absolute Gasteiger partial charge is 0.308 e. The summed E-state index contributed by atoms with van der Waals surface area (Å²) in [5.41, 5.74) is 1.70. The standard InChI is InChI=1S/C12H12N2O2S/c1-2-10-14-12(8-3-5-13-6-4-8)9(17-10)7-11(15)16/h3-6H,2,7H2,1H3,(H,15,16). The fourth-order valence-electron chi connectivity index (χ4n) is 1.54. The summed E-state index contributed by atoms with van der Waals surface area (Å²) in [5.74, 6) is -0.827. The second-order valence-corrected chi connectivity index (χ2v) is 4.71. The van der Waals surface area contributed by atoms with Crippen molar-refractivity contribution >= 4 is 17.3 Å². The molecular weight excluding hydrogens is 236 g/mol. The predicted octanol–water partition coefficient (Wildman–Crippen LogP) is 2.39. The van der Waals surface area contributed by atoms with Crippen molar-refractivity contribution in [3.63, 3.8) is 0 Å². The first kappa shape index (κ1) is 11.7. The number of nitrogens with zero attached hydrogens (tertiary/aromatic N) is 2. The Hall–Kier alpha value is -1.75. The zero-order valence-electron chi connectivity index (χ0n) is 9.38. The molecule has 0 aliphatic carbocycles. The van der Waals surface area contributed by atoms with E-state index in [1.807, 2.05) is 19.1 Å². The second-order valence-electron chi connectivity index (χ2n) is 3.54. The Kier molecular flexibility index (Phi) is 3.49.